The third-order valence-corrected chi connectivity index (χ3v) is 6.62. The molecule has 1 unspecified atom stereocenters. The number of hydrogen-bond acceptors (Lipinski definition) is 6. The first-order valence-corrected chi connectivity index (χ1v) is 12.7. The molecular formula is C26H35F2N5O4. The lowest BCUT2D eigenvalue weighted by atomic mass is 9.89. The number of rotatable bonds is 11. The van der Waals surface area contributed by atoms with Crippen LogP contribution in [0.1, 0.15) is 64.5 Å². The van der Waals surface area contributed by atoms with Crippen molar-refractivity contribution in [2.24, 2.45) is 17.8 Å². The molecular weight excluding hydrogens is 484 g/mol. The summed E-state index contributed by atoms with van der Waals surface area (Å²) in [4.78, 5) is 30.2. The van der Waals surface area contributed by atoms with Crippen LogP contribution < -0.4 is 15.4 Å². The average molecular weight is 520 g/mol. The van der Waals surface area contributed by atoms with E-state index in [1.165, 1.54) is 30.4 Å². The van der Waals surface area contributed by atoms with Gasteiger partial charge in [0.2, 0.25) is 18.2 Å². The molecule has 9 nitrogen and oxygen atoms in total. The van der Waals surface area contributed by atoms with Crippen LogP contribution >= 0.6 is 0 Å². The summed E-state index contributed by atoms with van der Waals surface area (Å²) in [7, 11) is 1.42. The fourth-order valence-corrected chi connectivity index (χ4v) is 4.83. The summed E-state index contributed by atoms with van der Waals surface area (Å²) >= 11 is 0. The highest BCUT2D eigenvalue weighted by atomic mass is 19.3. The number of ether oxygens (including phenoxy) is 2. The van der Waals surface area contributed by atoms with Gasteiger partial charge in [-0.1, -0.05) is 0 Å². The number of amides is 2. The molecule has 2 atom stereocenters. The lowest BCUT2D eigenvalue weighted by Crippen LogP contribution is -2.51. The SMILES string of the molecule is COc1ncccc1C(CC(F)F)n1cc(NC(=O)[C@@H](NC(=O)OC(C)(C)C)C(C2CC2)C2CC2)cn1. The molecule has 2 aromatic heterocycles. The fourth-order valence-electron chi connectivity index (χ4n) is 4.83. The molecule has 0 aliphatic heterocycles. The Balaban J connectivity index is 1.54. The molecule has 2 saturated carbocycles. The molecule has 2 aliphatic carbocycles. The molecule has 0 aromatic carbocycles. The predicted molar refractivity (Wildman–Crippen MR) is 133 cm³/mol. The van der Waals surface area contributed by atoms with E-state index in [4.69, 9.17) is 9.47 Å². The van der Waals surface area contributed by atoms with Crippen LogP contribution in [0.15, 0.2) is 30.7 Å². The van der Waals surface area contributed by atoms with Gasteiger partial charge in [0, 0.05) is 24.4 Å². The maximum Gasteiger partial charge on any atom is 0.408 e. The number of halogens is 2. The van der Waals surface area contributed by atoms with E-state index in [2.05, 4.69) is 20.7 Å². The Kier molecular flexibility index (Phi) is 7.99. The third kappa shape index (κ3) is 7.17. The van der Waals surface area contributed by atoms with Crippen molar-refractivity contribution < 1.29 is 27.8 Å². The number of carbonyl (C=O) groups is 2. The molecule has 0 radical (unpaired) electrons. The highest BCUT2D eigenvalue weighted by molar-refractivity contribution is 5.96. The van der Waals surface area contributed by atoms with Crippen LogP contribution in [0.25, 0.3) is 0 Å². The first-order chi connectivity index (χ1) is 17.6. The van der Waals surface area contributed by atoms with Crippen molar-refractivity contribution in [3.8, 4) is 5.88 Å². The van der Waals surface area contributed by atoms with E-state index in [0.29, 0.717) is 23.1 Å². The smallest absolute Gasteiger partial charge is 0.408 e. The number of alkyl halides is 2. The van der Waals surface area contributed by atoms with Gasteiger partial charge in [0.05, 0.1) is 25.0 Å². The van der Waals surface area contributed by atoms with E-state index in [9.17, 15) is 18.4 Å². The van der Waals surface area contributed by atoms with Gasteiger partial charge in [-0.2, -0.15) is 5.10 Å². The van der Waals surface area contributed by atoms with Gasteiger partial charge in [-0.3, -0.25) is 9.48 Å². The Bertz CT molecular complexity index is 1080. The third-order valence-electron chi connectivity index (χ3n) is 6.62. The number of methoxy groups -OCH3 is 1. The van der Waals surface area contributed by atoms with Crippen molar-refractivity contribution in [1.82, 2.24) is 20.1 Å². The van der Waals surface area contributed by atoms with Gasteiger partial charge in [-0.15, -0.1) is 0 Å². The quantitative estimate of drug-likeness (QED) is 0.442. The van der Waals surface area contributed by atoms with Crippen molar-refractivity contribution in [3.05, 3.63) is 36.3 Å². The molecule has 202 valence electrons. The van der Waals surface area contributed by atoms with Gasteiger partial charge in [0.15, 0.2) is 0 Å². The van der Waals surface area contributed by atoms with Crippen LogP contribution in [0.5, 0.6) is 5.88 Å². The number of nitrogens with one attached hydrogen (secondary N) is 2. The van der Waals surface area contributed by atoms with Crippen LogP contribution in [0.2, 0.25) is 0 Å². The molecule has 2 amide bonds. The molecule has 2 N–H and O–H groups in total. The monoisotopic (exact) mass is 519 g/mol. The summed E-state index contributed by atoms with van der Waals surface area (Å²) in [5.41, 5.74) is 0.0975. The van der Waals surface area contributed by atoms with Crippen LogP contribution in [0, 0.1) is 17.8 Å². The highest BCUT2D eigenvalue weighted by Crippen LogP contribution is 2.51. The first-order valence-electron chi connectivity index (χ1n) is 12.7. The number of hydrogen-bond donors (Lipinski definition) is 2. The van der Waals surface area contributed by atoms with Crippen molar-refractivity contribution in [1.29, 1.82) is 0 Å². The maximum absolute atomic E-state index is 13.5. The van der Waals surface area contributed by atoms with Gasteiger partial charge in [0.25, 0.3) is 0 Å². The number of aromatic nitrogens is 3. The van der Waals surface area contributed by atoms with E-state index in [1.807, 2.05) is 0 Å². The second-order valence-electron chi connectivity index (χ2n) is 10.8. The van der Waals surface area contributed by atoms with Crippen molar-refractivity contribution >= 4 is 17.7 Å². The van der Waals surface area contributed by atoms with Crippen LogP contribution in [0.3, 0.4) is 0 Å². The molecule has 11 heteroatoms. The van der Waals surface area contributed by atoms with E-state index in [1.54, 1.807) is 32.9 Å². The number of anilines is 1. The van der Waals surface area contributed by atoms with Crippen LogP contribution in [0.4, 0.5) is 19.3 Å². The lowest BCUT2D eigenvalue weighted by molar-refractivity contribution is -0.120. The van der Waals surface area contributed by atoms with E-state index in [0.717, 1.165) is 25.7 Å². The lowest BCUT2D eigenvalue weighted by Gasteiger charge is -2.28. The van der Waals surface area contributed by atoms with Gasteiger partial charge < -0.3 is 20.1 Å². The second kappa shape index (κ2) is 11.0. The largest absolute Gasteiger partial charge is 0.481 e. The first kappa shape index (κ1) is 26.8. The molecule has 37 heavy (non-hydrogen) atoms. The Morgan fingerprint density at radius 3 is 2.43 bits per heavy atom. The maximum atomic E-state index is 13.5. The standard InChI is InChI=1S/C26H35F2N5O4/c1-26(2,3)37-25(35)32-22(21(15-7-8-15)16-9-10-16)23(34)31-17-13-30-33(14-17)19(12-20(27)28)18-6-5-11-29-24(18)36-4/h5-6,11,13-16,19-22H,7-10,12H2,1-4H3,(H,31,34)(H,32,35)/t19?,22-/m0/s1. The number of alkyl carbamates (subject to hydrolysis) is 1. The summed E-state index contributed by atoms with van der Waals surface area (Å²) in [5, 5.41) is 9.90. The van der Waals surface area contributed by atoms with E-state index in [-0.39, 0.29) is 17.7 Å². The minimum absolute atomic E-state index is 0.0220. The summed E-state index contributed by atoms with van der Waals surface area (Å²) in [5.74, 6) is 0.642. The Hall–Kier alpha value is -3.24. The number of carbonyl (C=O) groups excluding carboxylic acids is 2. The van der Waals surface area contributed by atoms with Gasteiger partial charge >= 0.3 is 6.09 Å². The molecule has 2 heterocycles. The summed E-state index contributed by atoms with van der Waals surface area (Å²) in [6, 6.07) is 1.69. The average Bonchev–Trinajstić information content (AvgIpc) is 3.76. The zero-order valence-corrected chi connectivity index (χ0v) is 21.6. The minimum Gasteiger partial charge on any atom is -0.481 e. The summed E-state index contributed by atoms with van der Waals surface area (Å²) < 4.78 is 39.0. The Labute approximate surface area is 215 Å². The summed E-state index contributed by atoms with van der Waals surface area (Å²) in [6.07, 6.45) is 4.80. The molecule has 0 saturated heterocycles. The molecule has 4 rings (SSSR count). The molecule has 2 aliphatic rings. The second-order valence-corrected chi connectivity index (χ2v) is 10.8. The van der Waals surface area contributed by atoms with Gasteiger partial charge in [-0.05, 0) is 76.3 Å². The Morgan fingerprint density at radius 2 is 1.86 bits per heavy atom. The number of pyridine rings is 1. The zero-order chi connectivity index (χ0) is 26.7. The topological polar surface area (TPSA) is 107 Å². The predicted octanol–water partition coefficient (Wildman–Crippen LogP) is 4.80. The molecule has 0 bridgehead atoms. The summed E-state index contributed by atoms with van der Waals surface area (Å²) in [6.45, 7) is 5.30. The normalized spacial score (nSPS) is 17.4. The highest BCUT2D eigenvalue weighted by Gasteiger charge is 2.48. The van der Waals surface area contributed by atoms with E-state index < -0.39 is 36.6 Å². The van der Waals surface area contributed by atoms with Gasteiger partial charge in [-0.25, -0.2) is 18.6 Å². The molecule has 0 spiro atoms. The fraction of sp³-hybridized carbons (Fsp3) is 0.615. The van der Waals surface area contributed by atoms with Gasteiger partial charge in [0.1, 0.15) is 11.6 Å². The van der Waals surface area contributed by atoms with Crippen molar-refractivity contribution in [2.45, 2.75) is 77.0 Å². The van der Waals surface area contributed by atoms with Crippen molar-refractivity contribution in [2.75, 3.05) is 12.4 Å². The van der Waals surface area contributed by atoms with Crippen LogP contribution in [-0.4, -0.2) is 51.9 Å². The minimum atomic E-state index is -2.60. The molecule has 2 aromatic rings. The van der Waals surface area contributed by atoms with Crippen LogP contribution in [-0.2, 0) is 9.53 Å². The number of nitrogens with zero attached hydrogens (tertiary/aromatic N) is 3. The van der Waals surface area contributed by atoms with Crippen molar-refractivity contribution in [3.63, 3.8) is 0 Å². The van der Waals surface area contributed by atoms with E-state index >= 15 is 0 Å². The Morgan fingerprint density at radius 1 is 1.19 bits per heavy atom. The zero-order valence-electron chi connectivity index (χ0n) is 21.6. The molecule has 2 fully saturated rings.